The third-order valence-electron chi connectivity index (χ3n) is 17.2. The molecule has 3 nitrogen and oxygen atoms in total. The van der Waals surface area contributed by atoms with E-state index in [0.717, 1.165) is 34.7 Å². The van der Waals surface area contributed by atoms with E-state index in [-0.39, 0.29) is 28.4 Å². The Kier molecular flexibility index (Phi) is 11.5. The van der Waals surface area contributed by atoms with Crippen molar-refractivity contribution < 1.29 is 0 Å². The van der Waals surface area contributed by atoms with Crippen molar-refractivity contribution in [3.8, 4) is 22.3 Å². The highest BCUT2D eigenvalue weighted by atomic mass is 32.1. The van der Waals surface area contributed by atoms with E-state index in [2.05, 4.69) is 290 Å². The number of nitrogens with zero attached hydrogens (tertiary/aromatic N) is 3. The summed E-state index contributed by atoms with van der Waals surface area (Å²) >= 11 is 2.00. The minimum atomic E-state index is -0.178. The minimum Gasteiger partial charge on any atom is -0.311 e. The molecule has 3 aliphatic rings. The molecule has 13 rings (SSSR count). The largest absolute Gasteiger partial charge is 0.311 e. The summed E-state index contributed by atoms with van der Waals surface area (Å²) in [6.07, 6.45) is 2.34. The Labute approximate surface area is 461 Å². The van der Waals surface area contributed by atoms with Gasteiger partial charge >= 0.3 is 0 Å². The van der Waals surface area contributed by atoms with E-state index in [1.165, 1.54) is 99.6 Å². The lowest BCUT2D eigenvalue weighted by Crippen LogP contribution is -2.61. The zero-order valence-electron chi connectivity index (χ0n) is 46.4. The van der Waals surface area contributed by atoms with Gasteiger partial charge in [-0.2, -0.15) is 0 Å². The third kappa shape index (κ3) is 8.15. The van der Waals surface area contributed by atoms with Gasteiger partial charge in [-0.3, -0.25) is 0 Å². The molecule has 0 radical (unpaired) electrons. The van der Waals surface area contributed by atoms with Gasteiger partial charge in [0.05, 0.1) is 16.4 Å². The fourth-order valence-electron chi connectivity index (χ4n) is 12.8. The maximum Gasteiger partial charge on any atom is 0.254 e. The number of benzene rings is 9. The monoisotopic (exact) mass is 1020 g/mol. The molecule has 5 heteroatoms. The highest BCUT2D eigenvalue weighted by Gasteiger charge is 2.48. The maximum absolute atomic E-state index is 2.71. The molecule has 0 bridgehead atoms. The standard InChI is InChI=1S/C72H68BN3S/c1-69(2,3)49-35-37-61(54(41-49)47-25-15-11-16-26-47)76-64-43-50(70(4,5)6)42-63-67(64)73(66-56-45-57-58(46-65(56)77-68(66)76)72(9,10)40-39-71(57,7)8)59-33-23-24-34-62(59)75(63)60-38-36-53(44-55(60)48-27-17-12-18-28-48)74(51-29-19-13-20-30-51)52-31-21-14-22-32-52/h11-38,41-46H,39-40H2,1-10H3. The lowest BCUT2D eigenvalue weighted by molar-refractivity contribution is 0.332. The third-order valence-corrected chi connectivity index (χ3v) is 18.4. The van der Waals surface area contributed by atoms with Crippen LogP contribution >= 0.6 is 11.3 Å². The topological polar surface area (TPSA) is 9.72 Å². The summed E-state index contributed by atoms with van der Waals surface area (Å²) in [6.45, 7) is 24.0. The van der Waals surface area contributed by atoms with Crippen LogP contribution in [0.3, 0.4) is 0 Å². The molecule has 77 heavy (non-hydrogen) atoms. The Bertz CT molecular complexity index is 3860. The molecular formula is C72H68BN3S. The molecular weight excluding hydrogens is 950 g/mol. The van der Waals surface area contributed by atoms with Crippen molar-refractivity contribution in [2.45, 2.75) is 104 Å². The van der Waals surface area contributed by atoms with Crippen molar-refractivity contribution in [3.05, 3.63) is 229 Å². The summed E-state index contributed by atoms with van der Waals surface area (Å²) in [4.78, 5) is 7.73. The Balaban J connectivity index is 1.15. The summed E-state index contributed by atoms with van der Waals surface area (Å²) in [7, 11) is 0. The van der Waals surface area contributed by atoms with Crippen molar-refractivity contribution in [3.63, 3.8) is 0 Å². The van der Waals surface area contributed by atoms with Crippen molar-refractivity contribution in [2.24, 2.45) is 0 Å². The Morgan fingerprint density at radius 3 is 1.51 bits per heavy atom. The summed E-state index contributed by atoms with van der Waals surface area (Å²) < 4.78 is 1.37. The normalized spacial score (nSPS) is 15.2. The molecule has 0 spiro atoms. The molecule has 10 aromatic rings. The molecule has 9 aromatic carbocycles. The molecule has 0 unspecified atom stereocenters. The molecule has 0 fully saturated rings. The second-order valence-electron chi connectivity index (χ2n) is 25.2. The summed E-state index contributed by atoms with van der Waals surface area (Å²) in [5, 5.41) is 2.70. The number of hydrogen-bond acceptors (Lipinski definition) is 4. The number of anilines is 9. The molecule has 0 atom stereocenters. The second-order valence-corrected chi connectivity index (χ2v) is 26.3. The average molecular weight is 1020 g/mol. The van der Waals surface area contributed by atoms with E-state index in [9.17, 15) is 0 Å². The summed E-state index contributed by atoms with van der Waals surface area (Å²) in [6, 6.07) is 77.9. The first kappa shape index (κ1) is 49.0. The Morgan fingerprint density at radius 1 is 0.429 bits per heavy atom. The molecule has 0 N–H and O–H groups in total. The molecule has 0 amide bonds. The van der Waals surface area contributed by atoms with E-state index in [0.29, 0.717) is 0 Å². The van der Waals surface area contributed by atoms with Gasteiger partial charge in [-0.15, -0.1) is 11.3 Å². The van der Waals surface area contributed by atoms with E-state index >= 15 is 0 Å². The number of hydrogen-bond donors (Lipinski definition) is 0. The predicted octanol–water partition coefficient (Wildman–Crippen LogP) is 18.7. The van der Waals surface area contributed by atoms with Gasteiger partial charge in [-0.25, -0.2) is 0 Å². The number of rotatable bonds is 7. The summed E-state index contributed by atoms with van der Waals surface area (Å²) in [5.74, 6) is 0. The molecule has 0 saturated heterocycles. The van der Waals surface area contributed by atoms with Crippen LogP contribution in [0.15, 0.2) is 206 Å². The van der Waals surface area contributed by atoms with Gasteiger partial charge in [0.2, 0.25) is 0 Å². The van der Waals surface area contributed by atoms with Gasteiger partial charge in [-0.1, -0.05) is 191 Å². The number of fused-ring (bicyclic) bond motifs is 7. The molecule has 1 aromatic heterocycles. The lowest BCUT2D eigenvalue weighted by Gasteiger charge is -2.45. The van der Waals surface area contributed by atoms with E-state index in [1.807, 2.05) is 11.3 Å². The van der Waals surface area contributed by atoms with Crippen LogP contribution in [0, 0.1) is 0 Å². The van der Waals surface area contributed by atoms with E-state index in [4.69, 9.17) is 0 Å². The number of para-hydroxylation sites is 3. The van der Waals surface area contributed by atoms with Crippen LogP contribution in [0.2, 0.25) is 0 Å². The van der Waals surface area contributed by atoms with Gasteiger partial charge in [0.1, 0.15) is 0 Å². The van der Waals surface area contributed by atoms with Crippen LogP contribution in [0.5, 0.6) is 0 Å². The molecule has 3 heterocycles. The fraction of sp³-hybridized carbons (Fsp3) is 0.222. The van der Waals surface area contributed by atoms with Crippen molar-refractivity contribution in [1.82, 2.24) is 0 Å². The second kappa shape index (κ2) is 18.0. The Hall–Kier alpha value is -7.60. The first-order valence-corrected chi connectivity index (χ1v) is 28.6. The van der Waals surface area contributed by atoms with Crippen molar-refractivity contribution in [2.75, 3.05) is 14.7 Å². The average Bonchev–Trinajstić information content (AvgIpc) is 4.10. The highest BCUT2D eigenvalue weighted by Crippen LogP contribution is 2.55. The van der Waals surface area contributed by atoms with Crippen LogP contribution in [0.25, 0.3) is 32.3 Å². The predicted molar refractivity (Wildman–Crippen MR) is 334 cm³/mol. The number of thiophene rings is 1. The lowest BCUT2D eigenvalue weighted by atomic mass is 9.33. The summed E-state index contributed by atoms with van der Waals surface area (Å²) in [5.41, 5.74) is 23.8. The minimum absolute atomic E-state index is 0.0284. The first-order chi connectivity index (χ1) is 37.0. The van der Waals surface area contributed by atoms with Crippen LogP contribution in [-0.2, 0) is 21.7 Å². The van der Waals surface area contributed by atoms with E-state index in [1.54, 1.807) is 0 Å². The first-order valence-electron chi connectivity index (χ1n) is 27.7. The quantitative estimate of drug-likeness (QED) is 0.147. The molecule has 1 aliphatic carbocycles. The SMILES string of the molecule is CC(C)(C)c1ccc(N2c3cc(C(C)(C)C)cc4c3B(c3ccccc3N4c3ccc(N(c4ccccc4)c4ccccc4)cc3-c3ccccc3)c3c2sc2cc4c(cc32)C(C)(C)CCC4(C)C)c(-c2ccccc2)c1. The van der Waals surface area contributed by atoms with Crippen LogP contribution in [0.1, 0.15) is 104 Å². The van der Waals surface area contributed by atoms with Crippen molar-refractivity contribution >= 4 is 95.0 Å². The highest BCUT2D eigenvalue weighted by molar-refractivity contribution is 7.26. The van der Waals surface area contributed by atoms with Crippen LogP contribution < -0.4 is 31.1 Å². The van der Waals surface area contributed by atoms with Crippen molar-refractivity contribution in [1.29, 1.82) is 0 Å². The van der Waals surface area contributed by atoms with Crippen LogP contribution in [-0.4, -0.2) is 6.71 Å². The zero-order valence-corrected chi connectivity index (χ0v) is 47.2. The zero-order chi connectivity index (χ0) is 53.2. The van der Waals surface area contributed by atoms with Gasteiger partial charge in [-0.05, 0) is 175 Å². The van der Waals surface area contributed by atoms with Gasteiger partial charge in [0, 0.05) is 50.0 Å². The van der Waals surface area contributed by atoms with Gasteiger partial charge < -0.3 is 14.7 Å². The van der Waals surface area contributed by atoms with Crippen LogP contribution in [0.4, 0.5) is 50.5 Å². The molecule has 2 aliphatic heterocycles. The smallest absolute Gasteiger partial charge is 0.254 e. The van der Waals surface area contributed by atoms with E-state index < -0.39 is 0 Å². The molecule has 380 valence electrons. The fourth-order valence-corrected chi connectivity index (χ4v) is 14.1. The van der Waals surface area contributed by atoms with Gasteiger partial charge in [0.25, 0.3) is 6.71 Å². The van der Waals surface area contributed by atoms with Gasteiger partial charge in [0.15, 0.2) is 0 Å². The Morgan fingerprint density at radius 2 is 0.922 bits per heavy atom. The maximum atomic E-state index is 2.71. The molecule has 0 saturated carbocycles.